The highest BCUT2D eigenvalue weighted by Gasteiger charge is 2.35. The van der Waals surface area contributed by atoms with Gasteiger partial charge in [-0.25, -0.2) is 4.39 Å². The summed E-state index contributed by atoms with van der Waals surface area (Å²) >= 11 is 0. The van der Waals surface area contributed by atoms with Gasteiger partial charge in [0.05, 0.1) is 5.56 Å². The van der Waals surface area contributed by atoms with Crippen molar-refractivity contribution in [3.8, 4) is 0 Å². The van der Waals surface area contributed by atoms with E-state index in [2.05, 4.69) is 10.6 Å². The lowest BCUT2D eigenvalue weighted by Crippen LogP contribution is -2.55. The Morgan fingerprint density at radius 3 is 2.09 bits per heavy atom. The van der Waals surface area contributed by atoms with Crippen LogP contribution in [0, 0.1) is 24.6 Å². The number of nitrogens with zero attached hydrogens (tertiary/aromatic N) is 1. The summed E-state index contributed by atoms with van der Waals surface area (Å²) in [5, 5.41) is 5.99. The van der Waals surface area contributed by atoms with Crippen molar-refractivity contribution in [1.29, 1.82) is 0 Å². The lowest BCUT2D eigenvalue weighted by Gasteiger charge is -2.36. The molecule has 1 aliphatic rings. The van der Waals surface area contributed by atoms with Gasteiger partial charge in [0.1, 0.15) is 11.9 Å². The number of halogens is 1. The molecule has 2 aromatic carbocycles. The molecule has 3 amide bonds. The highest BCUT2D eigenvalue weighted by atomic mass is 19.1. The molecule has 0 aliphatic carbocycles. The number of hydrogen-bond acceptors (Lipinski definition) is 3. The summed E-state index contributed by atoms with van der Waals surface area (Å²) in [4.78, 5) is 40.7. The molecule has 0 bridgehead atoms. The third kappa shape index (κ3) is 6.01. The van der Waals surface area contributed by atoms with Crippen LogP contribution < -0.4 is 10.6 Å². The minimum atomic E-state index is -0.723. The molecule has 0 unspecified atom stereocenters. The van der Waals surface area contributed by atoms with E-state index >= 15 is 0 Å². The number of nitrogens with one attached hydrogen (secondary N) is 2. The molecule has 1 aliphatic heterocycles. The lowest BCUT2D eigenvalue weighted by molar-refractivity contribution is -0.125. The van der Waals surface area contributed by atoms with Crippen molar-refractivity contribution in [2.24, 2.45) is 11.8 Å². The van der Waals surface area contributed by atoms with Gasteiger partial charge >= 0.3 is 0 Å². The van der Waals surface area contributed by atoms with Crippen molar-refractivity contribution in [1.82, 2.24) is 15.5 Å². The van der Waals surface area contributed by atoms with Gasteiger partial charge in [-0.05, 0) is 62.3 Å². The Kier molecular flexibility index (Phi) is 8.42. The van der Waals surface area contributed by atoms with Gasteiger partial charge in [-0.15, -0.1) is 0 Å². The van der Waals surface area contributed by atoms with Gasteiger partial charge in [0.15, 0.2) is 0 Å². The molecule has 0 saturated carbocycles. The Hall–Kier alpha value is -3.22. The van der Waals surface area contributed by atoms with Crippen LogP contribution in [0.25, 0.3) is 0 Å². The number of carbonyl (C=O) groups excluding carboxylic acids is 3. The van der Waals surface area contributed by atoms with Crippen molar-refractivity contribution in [2.45, 2.75) is 52.6 Å². The van der Waals surface area contributed by atoms with Crippen LogP contribution in [0.15, 0.2) is 48.5 Å². The average molecular weight is 468 g/mol. The summed E-state index contributed by atoms with van der Waals surface area (Å²) in [6.07, 6.45) is 1.06. The fourth-order valence-electron chi connectivity index (χ4n) is 4.17. The molecule has 0 spiro atoms. The Morgan fingerprint density at radius 2 is 1.50 bits per heavy atom. The van der Waals surface area contributed by atoms with Crippen LogP contribution >= 0.6 is 0 Å². The zero-order valence-electron chi connectivity index (χ0n) is 20.3. The van der Waals surface area contributed by atoms with E-state index in [4.69, 9.17) is 0 Å². The predicted octanol–water partition coefficient (Wildman–Crippen LogP) is 3.95. The van der Waals surface area contributed by atoms with Crippen LogP contribution in [-0.4, -0.2) is 47.8 Å². The third-order valence-electron chi connectivity index (χ3n) is 6.73. The van der Waals surface area contributed by atoms with Crippen LogP contribution in [0.5, 0.6) is 0 Å². The summed E-state index contributed by atoms with van der Waals surface area (Å²) in [6.45, 7) is 8.64. The van der Waals surface area contributed by atoms with Gasteiger partial charge < -0.3 is 15.5 Å². The fourth-order valence-corrected chi connectivity index (χ4v) is 4.17. The number of aryl methyl sites for hydroxylation is 1. The largest absolute Gasteiger partial charge is 0.352 e. The molecule has 3 rings (SSSR count). The molecule has 2 aromatic rings. The molecule has 2 atom stereocenters. The summed E-state index contributed by atoms with van der Waals surface area (Å²) in [7, 11) is 0. The number of carbonyl (C=O) groups is 3. The van der Waals surface area contributed by atoms with Crippen molar-refractivity contribution in [2.75, 3.05) is 13.1 Å². The summed E-state index contributed by atoms with van der Waals surface area (Å²) in [5.41, 5.74) is 1.42. The van der Waals surface area contributed by atoms with E-state index in [1.54, 1.807) is 29.2 Å². The molecule has 0 radical (unpaired) electrons. The maximum Gasteiger partial charge on any atom is 0.256 e. The summed E-state index contributed by atoms with van der Waals surface area (Å²) in [6, 6.07) is 12.4. The van der Waals surface area contributed by atoms with Crippen LogP contribution in [0.4, 0.5) is 4.39 Å². The predicted molar refractivity (Wildman–Crippen MR) is 130 cm³/mol. The highest BCUT2D eigenvalue weighted by Crippen LogP contribution is 2.24. The van der Waals surface area contributed by atoms with Gasteiger partial charge in [0, 0.05) is 24.7 Å². The number of likely N-dealkylation sites (tertiary alicyclic amines) is 1. The molecule has 6 nitrogen and oxygen atoms in total. The Labute approximate surface area is 200 Å². The van der Waals surface area contributed by atoms with Gasteiger partial charge in [-0.2, -0.15) is 0 Å². The van der Waals surface area contributed by atoms with E-state index in [9.17, 15) is 18.8 Å². The van der Waals surface area contributed by atoms with Crippen LogP contribution in [0.3, 0.4) is 0 Å². The summed E-state index contributed by atoms with van der Waals surface area (Å²) in [5.74, 6) is -1.30. The second-order valence-corrected chi connectivity index (χ2v) is 9.42. The highest BCUT2D eigenvalue weighted by molar-refractivity contribution is 5.99. The molecule has 1 saturated heterocycles. The van der Waals surface area contributed by atoms with Crippen molar-refractivity contribution in [3.05, 3.63) is 71.0 Å². The quantitative estimate of drug-likeness (QED) is 0.647. The zero-order valence-corrected chi connectivity index (χ0v) is 20.3. The van der Waals surface area contributed by atoms with E-state index in [1.807, 2.05) is 39.8 Å². The lowest BCUT2D eigenvalue weighted by atomic mass is 9.87. The molecule has 1 heterocycles. The van der Waals surface area contributed by atoms with E-state index in [1.165, 1.54) is 12.1 Å². The van der Waals surface area contributed by atoms with E-state index in [0.29, 0.717) is 31.5 Å². The molecule has 7 heteroatoms. The first kappa shape index (κ1) is 25.4. The maximum atomic E-state index is 14.1. The minimum absolute atomic E-state index is 0.0481. The normalized spacial score (nSPS) is 16.1. The topological polar surface area (TPSA) is 78.5 Å². The molecular formula is C27H34FN3O3. The van der Waals surface area contributed by atoms with E-state index in [-0.39, 0.29) is 41.2 Å². The van der Waals surface area contributed by atoms with Crippen LogP contribution in [0.1, 0.15) is 59.9 Å². The Morgan fingerprint density at radius 1 is 0.912 bits per heavy atom. The standard InChI is InChI=1S/C27H34FN3O3/c1-17(2)19(4)29-26(33)24(30-25(32)21-10-6-5-9-18(21)3)20-13-15-31(16-14-20)27(34)22-11-7-8-12-23(22)28/h5-12,17,19-20,24H,13-16H2,1-4H3,(H,29,33)(H,30,32)/t19-,24-/m1/s1. The maximum absolute atomic E-state index is 14.1. The van der Waals surface area contributed by atoms with Gasteiger partial charge in [0.2, 0.25) is 5.91 Å². The first-order valence-electron chi connectivity index (χ1n) is 11.9. The molecule has 182 valence electrons. The third-order valence-corrected chi connectivity index (χ3v) is 6.73. The second-order valence-electron chi connectivity index (χ2n) is 9.42. The molecular weight excluding hydrogens is 433 g/mol. The zero-order chi connectivity index (χ0) is 24.8. The SMILES string of the molecule is Cc1ccccc1C(=O)N[C@@H](C(=O)N[C@H](C)C(C)C)C1CCN(C(=O)c2ccccc2F)CC1. The molecule has 2 N–H and O–H groups in total. The fraction of sp³-hybridized carbons (Fsp3) is 0.444. The molecule has 34 heavy (non-hydrogen) atoms. The number of hydrogen-bond donors (Lipinski definition) is 2. The number of benzene rings is 2. The smallest absolute Gasteiger partial charge is 0.256 e. The average Bonchev–Trinajstić information content (AvgIpc) is 2.82. The van der Waals surface area contributed by atoms with Gasteiger partial charge in [-0.1, -0.05) is 44.2 Å². The van der Waals surface area contributed by atoms with E-state index < -0.39 is 11.9 Å². The summed E-state index contributed by atoms with van der Waals surface area (Å²) < 4.78 is 14.1. The van der Waals surface area contributed by atoms with Crippen molar-refractivity contribution in [3.63, 3.8) is 0 Å². The van der Waals surface area contributed by atoms with Gasteiger partial charge in [-0.3, -0.25) is 14.4 Å². The minimum Gasteiger partial charge on any atom is -0.352 e. The van der Waals surface area contributed by atoms with Crippen molar-refractivity contribution >= 4 is 17.7 Å². The number of rotatable bonds is 7. The monoisotopic (exact) mass is 467 g/mol. The van der Waals surface area contributed by atoms with Crippen molar-refractivity contribution < 1.29 is 18.8 Å². The second kappa shape index (κ2) is 11.3. The van der Waals surface area contributed by atoms with Crippen LogP contribution in [-0.2, 0) is 4.79 Å². The molecule has 0 aromatic heterocycles. The first-order chi connectivity index (χ1) is 16.2. The first-order valence-corrected chi connectivity index (χ1v) is 11.9. The van der Waals surface area contributed by atoms with Gasteiger partial charge in [0.25, 0.3) is 11.8 Å². The Bertz CT molecular complexity index is 1030. The Balaban J connectivity index is 1.74. The number of amides is 3. The van der Waals surface area contributed by atoms with E-state index in [0.717, 1.165) is 5.56 Å². The number of piperidine rings is 1. The van der Waals surface area contributed by atoms with Crippen LogP contribution in [0.2, 0.25) is 0 Å². The molecule has 1 fully saturated rings.